The van der Waals surface area contributed by atoms with Gasteiger partial charge in [0, 0.05) is 12.4 Å². The number of pyridine rings is 1. The molecule has 0 aliphatic heterocycles. The van der Waals surface area contributed by atoms with E-state index >= 15 is 0 Å². The highest BCUT2D eigenvalue weighted by atomic mass is 16.5. The van der Waals surface area contributed by atoms with E-state index in [1.165, 1.54) is 4.57 Å². The maximum absolute atomic E-state index is 12.2. The molecule has 1 aromatic carbocycles. The predicted octanol–water partition coefficient (Wildman–Crippen LogP) is 1.98. The Morgan fingerprint density at radius 2 is 2.05 bits per heavy atom. The quantitative estimate of drug-likeness (QED) is 0.870. The van der Waals surface area contributed by atoms with Crippen molar-refractivity contribution in [3.8, 4) is 5.75 Å². The number of hydrogen-bond acceptors (Lipinski definition) is 4. The Hall–Kier alpha value is -2.30. The fraction of sp³-hybridized carbons (Fsp3) is 0.333. The van der Waals surface area contributed by atoms with Gasteiger partial charge in [-0.1, -0.05) is 19.1 Å². The first-order valence-corrected chi connectivity index (χ1v) is 6.53. The third-order valence-electron chi connectivity index (χ3n) is 3.34. The van der Waals surface area contributed by atoms with Gasteiger partial charge in [0.05, 0.1) is 12.1 Å². The first-order valence-electron chi connectivity index (χ1n) is 6.53. The Bertz CT molecular complexity index is 731. The number of ether oxygens (including phenoxy) is 1. The second kappa shape index (κ2) is 5.36. The zero-order valence-electron chi connectivity index (χ0n) is 11.8. The molecule has 0 spiro atoms. The number of carbonyl (C=O) groups excluding carboxylic acids is 1. The summed E-state index contributed by atoms with van der Waals surface area (Å²) in [5.41, 5.74) is 0.616. The van der Waals surface area contributed by atoms with E-state index in [1.807, 2.05) is 19.1 Å². The van der Waals surface area contributed by atoms with Gasteiger partial charge in [0.2, 0.25) is 0 Å². The molecular formula is C15H17NO4. The third-order valence-corrected chi connectivity index (χ3v) is 3.34. The molecule has 1 N–H and O–H groups in total. The van der Waals surface area contributed by atoms with Crippen molar-refractivity contribution < 1.29 is 14.6 Å². The van der Waals surface area contributed by atoms with Crippen LogP contribution in [0.3, 0.4) is 0 Å². The topological polar surface area (TPSA) is 68.5 Å². The van der Waals surface area contributed by atoms with Crippen LogP contribution in [0.1, 0.15) is 29.8 Å². The van der Waals surface area contributed by atoms with E-state index < -0.39 is 11.5 Å². The van der Waals surface area contributed by atoms with E-state index in [0.29, 0.717) is 17.3 Å². The summed E-state index contributed by atoms with van der Waals surface area (Å²) in [6.45, 7) is 3.75. The molecule has 0 saturated heterocycles. The summed E-state index contributed by atoms with van der Waals surface area (Å²) in [5, 5.41) is 10.9. The van der Waals surface area contributed by atoms with Gasteiger partial charge in [-0.05, 0) is 25.0 Å². The average Bonchev–Trinajstić information content (AvgIpc) is 2.44. The third kappa shape index (κ3) is 2.05. The van der Waals surface area contributed by atoms with Gasteiger partial charge in [0.1, 0.15) is 5.75 Å². The molecule has 106 valence electrons. The van der Waals surface area contributed by atoms with Crippen molar-refractivity contribution in [3.05, 3.63) is 39.7 Å². The lowest BCUT2D eigenvalue weighted by Crippen LogP contribution is -2.26. The fourth-order valence-corrected chi connectivity index (χ4v) is 2.32. The summed E-state index contributed by atoms with van der Waals surface area (Å²) in [5.74, 6) is -1.09. The molecule has 2 aromatic rings. The van der Waals surface area contributed by atoms with Crippen LogP contribution in [0.2, 0.25) is 0 Å². The van der Waals surface area contributed by atoms with Gasteiger partial charge in [-0.15, -0.1) is 0 Å². The normalized spacial score (nSPS) is 10.8. The summed E-state index contributed by atoms with van der Waals surface area (Å²) in [6.07, 6.45) is 0.686. The number of aromatic nitrogens is 1. The van der Waals surface area contributed by atoms with E-state index in [4.69, 9.17) is 4.74 Å². The Morgan fingerprint density at radius 1 is 1.35 bits per heavy atom. The van der Waals surface area contributed by atoms with Gasteiger partial charge in [0.25, 0.3) is 5.56 Å². The number of fused-ring (bicyclic) bond motifs is 1. The Balaban J connectivity index is 2.91. The van der Waals surface area contributed by atoms with Crippen LogP contribution in [0.15, 0.2) is 23.0 Å². The highest BCUT2D eigenvalue weighted by Gasteiger charge is 2.23. The van der Waals surface area contributed by atoms with Crippen LogP contribution >= 0.6 is 0 Å². The SMILES string of the molecule is CCOC(=O)c1c(O)c2c(CC)cccc2n(C)c1=O. The van der Waals surface area contributed by atoms with Crippen molar-refractivity contribution in [3.63, 3.8) is 0 Å². The molecule has 0 unspecified atom stereocenters. The van der Waals surface area contributed by atoms with Crippen LogP contribution in [0, 0.1) is 0 Å². The number of nitrogens with zero attached hydrogens (tertiary/aromatic N) is 1. The standard InChI is InChI=1S/C15H17NO4/c1-4-9-7-6-8-10-11(9)13(17)12(14(18)16(10)3)15(19)20-5-2/h6-8,17H,4-5H2,1-3H3. The Kier molecular flexibility index (Phi) is 3.79. The number of aryl methyl sites for hydroxylation is 2. The Labute approximate surface area is 116 Å². The van der Waals surface area contributed by atoms with Crippen molar-refractivity contribution in [1.82, 2.24) is 4.57 Å². The van der Waals surface area contributed by atoms with Gasteiger partial charge >= 0.3 is 5.97 Å². The molecule has 0 bridgehead atoms. The first-order chi connectivity index (χ1) is 9.52. The van der Waals surface area contributed by atoms with Crippen LogP contribution in [0.5, 0.6) is 5.75 Å². The number of benzene rings is 1. The molecule has 0 radical (unpaired) electrons. The van der Waals surface area contributed by atoms with Crippen LogP contribution in [-0.2, 0) is 18.2 Å². The van der Waals surface area contributed by atoms with Crippen molar-refractivity contribution in [2.45, 2.75) is 20.3 Å². The molecule has 2 rings (SSSR count). The van der Waals surface area contributed by atoms with E-state index in [0.717, 1.165) is 5.56 Å². The molecule has 1 heterocycles. The number of hydrogen-bond donors (Lipinski definition) is 1. The minimum Gasteiger partial charge on any atom is -0.506 e. The van der Waals surface area contributed by atoms with E-state index in [-0.39, 0.29) is 17.9 Å². The molecule has 1 aromatic heterocycles. The number of esters is 1. The van der Waals surface area contributed by atoms with Gasteiger partial charge in [-0.25, -0.2) is 4.79 Å². The molecule has 0 fully saturated rings. The molecule has 0 aliphatic carbocycles. The number of aromatic hydroxyl groups is 1. The van der Waals surface area contributed by atoms with Crippen molar-refractivity contribution >= 4 is 16.9 Å². The van der Waals surface area contributed by atoms with Crippen molar-refractivity contribution in [2.24, 2.45) is 7.05 Å². The lowest BCUT2D eigenvalue weighted by molar-refractivity contribution is 0.0520. The maximum Gasteiger partial charge on any atom is 0.347 e. The van der Waals surface area contributed by atoms with Gasteiger partial charge in [-0.3, -0.25) is 4.79 Å². The summed E-state index contributed by atoms with van der Waals surface area (Å²) < 4.78 is 6.22. The monoisotopic (exact) mass is 275 g/mol. The van der Waals surface area contributed by atoms with E-state index in [1.54, 1.807) is 20.0 Å². The fourth-order valence-electron chi connectivity index (χ4n) is 2.32. The summed E-state index contributed by atoms with van der Waals surface area (Å²) >= 11 is 0. The lowest BCUT2D eigenvalue weighted by atomic mass is 10.0. The molecule has 0 aliphatic rings. The van der Waals surface area contributed by atoms with Gasteiger partial charge in [-0.2, -0.15) is 0 Å². The van der Waals surface area contributed by atoms with Crippen LogP contribution < -0.4 is 5.56 Å². The predicted molar refractivity (Wildman–Crippen MR) is 76.2 cm³/mol. The molecule has 0 amide bonds. The summed E-state index contributed by atoms with van der Waals surface area (Å²) in [6, 6.07) is 5.43. The molecule has 20 heavy (non-hydrogen) atoms. The number of rotatable bonds is 3. The summed E-state index contributed by atoms with van der Waals surface area (Å²) in [4.78, 5) is 24.1. The zero-order chi connectivity index (χ0) is 14.9. The summed E-state index contributed by atoms with van der Waals surface area (Å²) in [7, 11) is 1.58. The van der Waals surface area contributed by atoms with Gasteiger partial charge in [0.15, 0.2) is 5.56 Å². The Morgan fingerprint density at radius 3 is 2.65 bits per heavy atom. The second-order valence-electron chi connectivity index (χ2n) is 4.47. The molecular weight excluding hydrogens is 258 g/mol. The second-order valence-corrected chi connectivity index (χ2v) is 4.47. The average molecular weight is 275 g/mol. The molecule has 5 heteroatoms. The van der Waals surface area contributed by atoms with Gasteiger partial charge < -0.3 is 14.4 Å². The molecule has 5 nitrogen and oxygen atoms in total. The largest absolute Gasteiger partial charge is 0.506 e. The highest BCUT2D eigenvalue weighted by Crippen LogP contribution is 2.30. The highest BCUT2D eigenvalue weighted by molar-refractivity contribution is 6.00. The minimum atomic E-state index is -0.793. The first kappa shape index (κ1) is 14.1. The lowest BCUT2D eigenvalue weighted by Gasteiger charge is -2.13. The molecule has 0 saturated carbocycles. The van der Waals surface area contributed by atoms with Crippen LogP contribution in [-0.4, -0.2) is 22.2 Å². The van der Waals surface area contributed by atoms with E-state index in [2.05, 4.69) is 0 Å². The van der Waals surface area contributed by atoms with E-state index in [9.17, 15) is 14.7 Å². The van der Waals surface area contributed by atoms with Crippen molar-refractivity contribution in [2.75, 3.05) is 6.61 Å². The maximum atomic E-state index is 12.2. The van der Waals surface area contributed by atoms with Crippen molar-refractivity contribution in [1.29, 1.82) is 0 Å². The van der Waals surface area contributed by atoms with Crippen LogP contribution in [0.4, 0.5) is 0 Å². The van der Waals surface area contributed by atoms with Crippen LogP contribution in [0.25, 0.3) is 10.9 Å². The smallest absolute Gasteiger partial charge is 0.347 e. The molecule has 0 atom stereocenters. The number of carbonyl (C=O) groups is 1. The minimum absolute atomic E-state index is 0.148. The zero-order valence-corrected chi connectivity index (χ0v) is 11.8.